The number of aryl methyl sites for hydroxylation is 4. The minimum absolute atomic E-state index is 0.0685. The van der Waals surface area contributed by atoms with E-state index in [4.69, 9.17) is 32.1 Å². The molecule has 24 heteroatoms. The van der Waals surface area contributed by atoms with Gasteiger partial charge in [-0.3, -0.25) is 14.4 Å². The predicted octanol–water partition coefficient (Wildman–Crippen LogP) is 13.9. The zero-order chi connectivity index (χ0) is 70.4. The maximum absolute atomic E-state index is 15.0. The molecule has 6 aromatic carbocycles. The normalized spacial score (nSPS) is 14.0. The Labute approximate surface area is 582 Å². The van der Waals surface area contributed by atoms with Gasteiger partial charge in [0.25, 0.3) is 17.7 Å². The van der Waals surface area contributed by atoms with Gasteiger partial charge in [-0.1, -0.05) is 117 Å². The number of methoxy groups -OCH3 is 1. The second kappa shape index (κ2) is 29.9. The number of nitrogens with two attached hydrogens (primary N) is 3. The van der Waals surface area contributed by atoms with Crippen LogP contribution in [0.1, 0.15) is 165 Å². The van der Waals surface area contributed by atoms with E-state index in [0.29, 0.717) is 81.7 Å². The van der Waals surface area contributed by atoms with Gasteiger partial charge in [0.2, 0.25) is 0 Å². The molecule has 6 aromatic heterocycles. The summed E-state index contributed by atoms with van der Waals surface area (Å²) >= 11 is 0. The smallest absolute Gasteiger partial charge is 0.251 e. The molecule has 3 amide bonds. The number of nitrogens with zero attached hydrogens (tertiary/aromatic N) is 12. The highest BCUT2D eigenvalue weighted by molar-refractivity contribution is 6.02. The quantitative estimate of drug-likeness (QED) is 0.0524. The third-order valence-corrected chi connectivity index (χ3v) is 19.5. The fraction of sp³-hybridized carbons (Fsp3) is 0.299. The average Bonchev–Trinajstić information content (AvgIpc) is 1.63. The van der Waals surface area contributed by atoms with E-state index in [-0.39, 0.29) is 41.3 Å². The van der Waals surface area contributed by atoms with Crippen LogP contribution in [0.15, 0.2) is 140 Å². The summed E-state index contributed by atoms with van der Waals surface area (Å²) < 4.78 is 41.7. The zero-order valence-electron chi connectivity index (χ0n) is 57.1. The molecule has 3 aliphatic carbocycles. The number of nitrogen functional groups attached to an aromatic ring is 3. The van der Waals surface area contributed by atoms with E-state index < -0.39 is 17.5 Å². The molecular formula is C77H80F2N18O4. The summed E-state index contributed by atoms with van der Waals surface area (Å²) in [5.74, 6) is -0.406. The lowest BCUT2D eigenvalue weighted by molar-refractivity contribution is 0.0941. The first-order chi connectivity index (χ1) is 49.0. The molecule has 0 radical (unpaired) electrons. The maximum Gasteiger partial charge on any atom is 0.251 e. The van der Waals surface area contributed by atoms with Gasteiger partial charge in [0.1, 0.15) is 70.9 Å². The number of rotatable bonds is 16. The van der Waals surface area contributed by atoms with Gasteiger partial charge in [-0.05, 0) is 142 Å². The number of halogens is 2. The summed E-state index contributed by atoms with van der Waals surface area (Å²) in [4.78, 5) is 63.5. The molecule has 0 atom stereocenters. The highest BCUT2D eigenvalue weighted by Gasteiger charge is 2.30. The highest BCUT2D eigenvalue weighted by Crippen LogP contribution is 2.42. The van der Waals surface area contributed by atoms with Crippen LogP contribution in [0, 0.1) is 39.3 Å². The number of carbonyl (C=O) groups is 3. The number of fused-ring (bicyclic) bond motifs is 3. The van der Waals surface area contributed by atoms with Gasteiger partial charge in [-0.2, -0.15) is 15.3 Å². The van der Waals surface area contributed by atoms with Crippen molar-refractivity contribution in [3.63, 3.8) is 0 Å². The Morgan fingerprint density at radius 1 is 0.446 bits per heavy atom. The van der Waals surface area contributed by atoms with E-state index >= 15 is 8.78 Å². The molecule has 3 fully saturated rings. The van der Waals surface area contributed by atoms with E-state index in [0.717, 1.165) is 124 Å². The van der Waals surface area contributed by atoms with Crippen molar-refractivity contribution in [3.8, 4) is 39.5 Å². The Morgan fingerprint density at radius 3 is 1.20 bits per heavy atom. The molecular weight excluding hydrogens is 1280 g/mol. The monoisotopic (exact) mass is 1360 g/mol. The summed E-state index contributed by atoms with van der Waals surface area (Å²) in [5, 5.41) is 25.3. The van der Waals surface area contributed by atoms with Crippen molar-refractivity contribution in [2.45, 2.75) is 143 Å². The van der Waals surface area contributed by atoms with Crippen LogP contribution >= 0.6 is 0 Å². The third-order valence-electron chi connectivity index (χ3n) is 19.5. The topological polar surface area (TPSA) is 305 Å². The molecule has 3 aliphatic rings. The van der Waals surface area contributed by atoms with Crippen LogP contribution in [0.2, 0.25) is 0 Å². The number of nitrogens with one attached hydrogen (secondary N) is 3. The molecule has 0 saturated heterocycles. The lowest BCUT2D eigenvalue weighted by atomic mass is 10.0. The number of hydrogen-bond donors (Lipinski definition) is 6. The Kier molecular flexibility index (Phi) is 20.1. The van der Waals surface area contributed by atoms with Gasteiger partial charge in [0.05, 0.1) is 41.4 Å². The number of hydrogen-bond acceptors (Lipinski definition) is 16. The molecule has 15 rings (SSSR count). The van der Waals surface area contributed by atoms with Gasteiger partial charge in [0.15, 0.2) is 16.9 Å². The van der Waals surface area contributed by atoms with Gasteiger partial charge in [-0.15, -0.1) is 0 Å². The van der Waals surface area contributed by atoms with Crippen LogP contribution in [0.25, 0.3) is 66.9 Å². The summed E-state index contributed by atoms with van der Waals surface area (Å²) in [6, 6.07) is 37.4. The number of ether oxygens (including phenoxy) is 1. The van der Waals surface area contributed by atoms with Gasteiger partial charge < -0.3 is 37.9 Å². The first-order valence-corrected chi connectivity index (χ1v) is 34.3. The minimum Gasteiger partial charge on any atom is -0.496 e. The lowest BCUT2D eigenvalue weighted by Crippen LogP contribution is -2.24. The lowest BCUT2D eigenvalue weighted by Gasteiger charge is -2.12. The molecule has 0 bridgehead atoms. The first kappa shape index (κ1) is 68.0. The Morgan fingerprint density at radius 2 is 0.802 bits per heavy atom. The number of anilines is 3. The van der Waals surface area contributed by atoms with E-state index in [2.05, 4.69) is 70.0 Å². The molecule has 0 aliphatic heterocycles. The number of carbonyl (C=O) groups excluding carboxylic acids is 3. The van der Waals surface area contributed by atoms with E-state index in [1.54, 1.807) is 32.2 Å². The SMILES string of the molecule is COc1cc(CNC(=O)c2ccccc2C)ccc1-c1nn(C2CCCC2)c2ncnc(N)c12.Cc1ccccc1C(=O)NCc1c(F)cc(-c2nn(C3CCCC3)c3ncnc(N)c23)cc1F.Cc1ccccc1C(=O)NCc1ccc(-c2nn(C3CCCC3)c3ncnc(N)c23)c(C)c1. The van der Waals surface area contributed by atoms with Crippen molar-refractivity contribution in [3.05, 3.63) is 208 Å². The third kappa shape index (κ3) is 14.2. The van der Waals surface area contributed by atoms with Crippen LogP contribution < -0.4 is 37.9 Å². The molecule has 12 aromatic rings. The van der Waals surface area contributed by atoms with Crippen LogP contribution in [-0.2, 0) is 19.6 Å². The van der Waals surface area contributed by atoms with Crippen molar-refractivity contribution in [2.24, 2.45) is 0 Å². The molecule has 0 spiro atoms. The maximum atomic E-state index is 15.0. The molecule has 516 valence electrons. The van der Waals surface area contributed by atoms with Gasteiger partial charge in [0, 0.05) is 58.6 Å². The largest absolute Gasteiger partial charge is 0.496 e. The fourth-order valence-electron chi connectivity index (χ4n) is 14.1. The minimum atomic E-state index is -0.779. The van der Waals surface area contributed by atoms with Crippen molar-refractivity contribution >= 4 is 68.3 Å². The Hall–Kier alpha value is -11.6. The second-order valence-corrected chi connectivity index (χ2v) is 26.2. The fourth-order valence-corrected chi connectivity index (χ4v) is 14.1. The molecule has 0 unspecified atom stereocenters. The van der Waals surface area contributed by atoms with Crippen LogP contribution in [-0.4, -0.2) is 84.1 Å². The highest BCUT2D eigenvalue weighted by atomic mass is 19.1. The van der Waals surface area contributed by atoms with Crippen molar-refractivity contribution in [1.82, 2.24) is 75.2 Å². The summed E-state index contributed by atoms with van der Waals surface area (Å²) in [6.07, 6.45) is 17.7. The van der Waals surface area contributed by atoms with E-state index in [9.17, 15) is 14.4 Å². The second-order valence-electron chi connectivity index (χ2n) is 26.2. The zero-order valence-corrected chi connectivity index (χ0v) is 57.1. The average molecular weight is 1360 g/mol. The van der Waals surface area contributed by atoms with Crippen molar-refractivity contribution < 1.29 is 27.9 Å². The van der Waals surface area contributed by atoms with E-state index in [1.807, 2.05) is 107 Å². The summed E-state index contributed by atoms with van der Waals surface area (Å²) in [5.41, 5.74) is 32.1. The summed E-state index contributed by atoms with van der Waals surface area (Å²) in [6.45, 7) is 8.28. The standard InChI is InChI=1S/C26H28N6O2.C26H28N6O.C25H24F2N6O/c1-16-7-3-6-10-19(16)26(33)28-14-17-11-12-20(21(13-17)34-2)23-22-24(27)29-15-30-25(22)32(31-23)18-8-4-5-9-18;1-16-7-3-6-10-21(16)26(33)28-14-18-11-12-20(17(2)13-18)23-22-24(27)29-15-30-25(22)32(31-23)19-8-4-5-9-19;1-14-6-2-5-9-17(14)25(34)29-12-18-19(26)10-15(11-20(18)27)22-21-23(28)30-13-31-24(21)33(32-22)16-7-3-4-8-16/h3,6-7,10-13,15,18H,4-5,8-9,14H2,1-2H3,(H,28,33)(H2,27,29,30);3,6-7,10-13,15,19H,4-5,8-9,14H2,1-2H3,(H,28,33)(H2,27,29,30);2,5-6,9-11,13,16H,3-4,7-8,12H2,1H3,(H,29,34)(H2,28,30,31). The van der Waals surface area contributed by atoms with Crippen LogP contribution in [0.5, 0.6) is 5.75 Å². The number of aromatic nitrogens is 12. The Balaban J connectivity index is 0.000000135. The molecule has 3 saturated carbocycles. The van der Waals surface area contributed by atoms with Crippen molar-refractivity contribution in [2.75, 3.05) is 24.3 Å². The predicted molar refractivity (Wildman–Crippen MR) is 386 cm³/mol. The van der Waals surface area contributed by atoms with Gasteiger partial charge >= 0.3 is 0 Å². The molecule has 101 heavy (non-hydrogen) atoms. The van der Waals surface area contributed by atoms with Crippen LogP contribution in [0.4, 0.5) is 26.2 Å². The van der Waals surface area contributed by atoms with Gasteiger partial charge in [-0.25, -0.2) is 52.7 Å². The summed E-state index contributed by atoms with van der Waals surface area (Å²) in [7, 11) is 1.63. The number of amides is 3. The molecule has 9 N–H and O–H groups in total. The number of benzene rings is 6. The molecule has 22 nitrogen and oxygen atoms in total. The molecule has 6 heterocycles. The Bertz CT molecular complexity index is 5060. The van der Waals surface area contributed by atoms with E-state index in [1.165, 1.54) is 56.8 Å². The van der Waals surface area contributed by atoms with Crippen LogP contribution in [0.3, 0.4) is 0 Å². The first-order valence-electron chi connectivity index (χ1n) is 34.3. The van der Waals surface area contributed by atoms with Crippen molar-refractivity contribution in [1.29, 1.82) is 0 Å².